The van der Waals surface area contributed by atoms with Gasteiger partial charge in [0.05, 0.1) is 0 Å². The average molecular weight is 296 g/mol. The maximum atomic E-state index is 8.34. The molecule has 0 aromatic carbocycles. The molecule has 0 N–H and O–H groups in total. The fourth-order valence-electron chi connectivity index (χ4n) is 0. The van der Waals surface area contributed by atoms with Gasteiger partial charge in [0.25, 0.3) is 0 Å². The van der Waals surface area contributed by atoms with Crippen LogP contribution in [0.2, 0.25) is 0 Å². The van der Waals surface area contributed by atoms with Crippen LogP contribution >= 0.6 is 0 Å². The Hall–Kier alpha value is 2.00. The van der Waals surface area contributed by atoms with Gasteiger partial charge in [0, 0.05) is 0 Å². The van der Waals surface area contributed by atoms with Gasteiger partial charge in [-0.1, -0.05) is 0 Å². The standard InChI is InChI=1S/2O.Yb.Zr. The molecule has 0 fully saturated rings. The summed E-state index contributed by atoms with van der Waals surface area (Å²) in [6, 6.07) is 0. The molecule has 0 saturated heterocycles. The first-order chi connectivity index (χ1) is 2.00. The van der Waals surface area contributed by atoms with Crippen LogP contribution in [0.15, 0.2) is 0 Å². The SMILES string of the molecule is [O]=[Yb].[O]=[Zr]. The molecule has 30 valence electrons. The fourth-order valence-corrected chi connectivity index (χ4v) is 0. The second-order valence-electron chi connectivity index (χ2n) is 0. The van der Waals surface area contributed by atoms with Crippen LogP contribution in [-0.4, -0.2) is 0 Å². The van der Waals surface area contributed by atoms with E-state index in [-0.39, 0.29) is 0 Å². The molecule has 0 aliphatic carbocycles. The van der Waals surface area contributed by atoms with Gasteiger partial charge in [-0.15, -0.1) is 0 Å². The van der Waals surface area contributed by atoms with Gasteiger partial charge >= 0.3 is 72.6 Å². The molecule has 0 atom stereocenters. The van der Waals surface area contributed by atoms with E-state index < -0.39 is 0 Å². The molecule has 0 bridgehead atoms. The van der Waals surface area contributed by atoms with E-state index >= 15 is 0 Å². The Kier molecular flexibility index (Phi) is 46.8. The zero-order chi connectivity index (χ0) is 4.00. The van der Waals surface area contributed by atoms with E-state index in [0.717, 1.165) is 0 Å². The first-order valence-corrected chi connectivity index (χ1v) is 2.02. The number of rotatable bonds is 0. The van der Waals surface area contributed by atoms with E-state index in [1.807, 2.05) is 0 Å². The first kappa shape index (κ1) is 9.38. The van der Waals surface area contributed by atoms with E-state index in [0.29, 0.717) is 24.7 Å². The fraction of sp³-hybridized carbons (Fsp3) is 0. The van der Waals surface area contributed by atoms with Crippen LogP contribution in [0.5, 0.6) is 0 Å². The molecule has 0 amide bonds. The van der Waals surface area contributed by atoms with Crippen LogP contribution in [0.1, 0.15) is 0 Å². The molecule has 0 aliphatic heterocycles. The van der Waals surface area contributed by atoms with Gasteiger partial charge in [0.15, 0.2) is 0 Å². The van der Waals surface area contributed by atoms with Crippen LogP contribution in [0.25, 0.3) is 0 Å². The molecular weight excluding hydrogens is 296 g/mol. The summed E-state index contributed by atoms with van der Waals surface area (Å²) in [5, 5.41) is 0. The van der Waals surface area contributed by atoms with E-state index in [2.05, 4.69) is 0 Å². The summed E-state index contributed by atoms with van der Waals surface area (Å²) >= 11 is 1.74. The van der Waals surface area contributed by atoms with Crippen molar-refractivity contribution in [3.63, 3.8) is 0 Å². The monoisotopic (exact) mass is 296 g/mol. The second kappa shape index (κ2) is 20.0. The van der Waals surface area contributed by atoms with Crippen LogP contribution in [0.4, 0.5) is 0 Å². The van der Waals surface area contributed by atoms with Crippen molar-refractivity contribution in [3.8, 4) is 0 Å². The van der Waals surface area contributed by atoms with Crippen molar-refractivity contribution in [1.29, 1.82) is 0 Å². The molecule has 0 aromatic rings. The summed E-state index contributed by atoms with van der Waals surface area (Å²) < 4.78 is 16.5. The Morgan fingerprint density at radius 2 is 1.25 bits per heavy atom. The van der Waals surface area contributed by atoms with Crippen molar-refractivity contribution in [3.05, 3.63) is 0 Å². The predicted octanol–water partition coefficient (Wildman–Crippen LogP) is -0.240. The summed E-state index contributed by atoms with van der Waals surface area (Å²) in [4.78, 5) is 0. The molecule has 0 saturated carbocycles. The average Bonchev–Trinajstić information content (AvgIpc) is 1.50. The van der Waals surface area contributed by atoms with Gasteiger partial charge in [0.2, 0.25) is 0 Å². The van der Waals surface area contributed by atoms with Gasteiger partial charge in [0.1, 0.15) is 0 Å². The Morgan fingerprint density at radius 1 is 1.25 bits per heavy atom. The van der Waals surface area contributed by atoms with Crippen molar-refractivity contribution < 1.29 is 72.6 Å². The van der Waals surface area contributed by atoms with E-state index in [9.17, 15) is 0 Å². The third-order valence-corrected chi connectivity index (χ3v) is 0. The maximum absolute atomic E-state index is 8.34. The normalized spacial score (nSPS) is 2.25. The summed E-state index contributed by atoms with van der Waals surface area (Å²) in [5.74, 6) is 0. The molecule has 0 aromatic heterocycles. The van der Waals surface area contributed by atoms with Gasteiger partial charge in [-0.2, -0.15) is 0 Å². The van der Waals surface area contributed by atoms with Crippen LogP contribution in [0.3, 0.4) is 0 Å². The van der Waals surface area contributed by atoms with Crippen molar-refractivity contribution >= 4 is 0 Å². The third kappa shape index (κ3) is 9.00. The molecule has 4 heteroatoms. The van der Waals surface area contributed by atoms with Crippen molar-refractivity contribution in [1.82, 2.24) is 0 Å². The van der Waals surface area contributed by atoms with Crippen LogP contribution in [-0.2, 0) is 27.8 Å². The molecule has 0 rings (SSSR count). The minimum atomic E-state index is 0.300. The molecule has 0 aliphatic rings. The molecule has 0 spiro atoms. The molecule has 4 heavy (non-hydrogen) atoms. The third-order valence-electron chi connectivity index (χ3n) is 0. The Bertz CT molecular complexity index is 8.00. The zero-order valence-corrected chi connectivity index (χ0v) is 5.76. The minimum absolute atomic E-state index is 0.300. The van der Waals surface area contributed by atoms with Crippen LogP contribution < -0.4 is 0 Å². The summed E-state index contributed by atoms with van der Waals surface area (Å²) in [7, 11) is 0. The molecule has 0 heterocycles. The number of hydrogen-bond donors (Lipinski definition) is 0. The quantitative estimate of drug-likeness (QED) is 0.618. The molecule has 0 radical (unpaired) electrons. The molecular formula is O2YbZr. The van der Waals surface area contributed by atoms with E-state index in [1.54, 1.807) is 0 Å². The van der Waals surface area contributed by atoms with Gasteiger partial charge in [-0.05, 0) is 0 Å². The van der Waals surface area contributed by atoms with Crippen LogP contribution in [0, 0.1) is 44.8 Å². The predicted molar refractivity (Wildman–Crippen MR) is 1.37 cm³/mol. The molecule has 2 nitrogen and oxygen atoms in total. The van der Waals surface area contributed by atoms with Gasteiger partial charge < -0.3 is 0 Å². The summed E-state index contributed by atoms with van der Waals surface area (Å²) in [6.07, 6.45) is 0. The van der Waals surface area contributed by atoms with E-state index in [1.165, 1.54) is 44.8 Å². The van der Waals surface area contributed by atoms with Gasteiger partial charge in [-0.25, -0.2) is 0 Å². The second-order valence-corrected chi connectivity index (χ2v) is 0. The van der Waals surface area contributed by atoms with Crippen molar-refractivity contribution in [2.24, 2.45) is 0 Å². The Balaban J connectivity index is 0. The number of hydrogen-bond acceptors (Lipinski definition) is 2. The summed E-state index contributed by atoms with van der Waals surface area (Å²) in [5.41, 5.74) is 0. The van der Waals surface area contributed by atoms with Crippen molar-refractivity contribution in [2.45, 2.75) is 0 Å². The Labute approximate surface area is 70.9 Å². The zero-order valence-electron chi connectivity index (χ0n) is 1.58. The topological polar surface area (TPSA) is 34.1 Å². The Morgan fingerprint density at radius 3 is 1.25 bits per heavy atom. The first-order valence-electron chi connectivity index (χ1n) is 0.313. The summed E-state index contributed by atoms with van der Waals surface area (Å²) in [6.45, 7) is 0. The molecule has 0 unspecified atom stereocenters. The van der Waals surface area contributed by atoms with E-state index in [4.69, 9.17) is 3.10 Å². The van der Waals surface area contributed by atoms with Gasteiger partial charge in [-0.3, -0.25) is 0 Å². The van der Waals surface area contributed by atoms with Crippen molar-refractivity contribution in [2.75, 3.05) is 0 Å².